The van der Waals surface area contributed by atoms with Gasteiger partial charge in [0.15, 0.2) is 5.65 Å². The predicted octanol–water partition coefficient (Wildman–Crippen LogP) is 3.30. The van der Waals surface area contributed by atoms with E-state index in [-0.39, 0.29) is 11.4 Å². The molecule has 1 N–H and O–H groups in total. The van der Waals surface area contributed by atoms with Gasteiger partial charge in [-0.3, -0.25) is 4.79 Å². The molecule has 1 saturated heterocycles. The minimum atomic E-state index is 0.0342. The normalized spacial score (nSPS) is 18.9. The monoisotopic (exact) mass is 372 g/mol. The minimum absolute atomic E-state index is 0.0342. The van der Waals surface area contributed by atoms with Crippen molar-refractivity contribution in [2.24, 2.45) is 0 Å². The van der Waals surface area contributed by atoms with Crippen molar-refractivity contribution < 1.29 is 4.79 Å². The molecular weight excluding hydrogens is 348 g/mol. The number of rotatable bonds is 1. The number of carbonyl (C=O) groups is 1. The molecule has 5 heteroatoms. The van der Waals surface area contributed by atoms with Gasteiger partial charge in [0.25, 0.3) is 5.91 Å². The summed E-state index contributed by atoms with van der Waals surface area (Å²) in [6.45, 7) is 5.88. The lowest BCUT2D eigenvalue weighted by molar-refractivity contribution is 0.0883. The molecule has 1 aliphatic carbocycles. The van der Waals surface area contributed by atoms with Crippen LogP contribution in [0.4, 0.5) is 5.69 Å². The number of benzene rings is 1. The lowest BCUT2D eigenvalue weighted by Gasteiger charge is -2.38. The first-order valence-electron chi connectivity index (χ1n) is 10.2. The van der Waals surface area contributed by atoms with E-state index >= 15 is 0 Å². The van der Waals surface area contributed by atoms with Crippen molar-refractivity contribution in [2.75, 3.05) is 18.4 Å². The molecule has 1 fully saturated rings. The highest BCUT2D eigenvalue weighted by atomic mass is 16.2. The molecule has 0 atom stereocenters. The van der Waals surface area contributed by atoms with Gasteiger partial charge in [-0.15, -0.1) is 0 Å². The maximum Gasteiger partial charge on any atom is 0.255 e. The molecule has 0 radical (unpaired) electrons. The highest BCUT2D eigenvalue weighted by Gasteiger charge is 2.42. The number of nitrogens with zero attached hydrogens (tertiary/aromatic N) is 3. The topological polar surface area (TPSA) is 49.4 Å². The van der Waals surface area contributed by atoms with Gasteiger partial charge >= 0.3 is 0 Å². The number of hydrogen-bond acceptors (Lipinski definition) is 3. The summed E-state index contributed by atoms with van der Waals surface area (Å²) in [5.41, 5.74) is 9.08. The third-order valence-corrected chi connectivity index (χ3v) is 6.88. The quantitative estimate of drug-likeness (QED) is 0.667. The number of aromatic nitrogens is 2. The van der Waals surface area contributed by atoms with Crippen LogP contribution < -0.4 is 5.32 Å². The Bertz CT molecular complexity index is 1130. The average Bonchev–Trinajstić information content (AvgIpc) is 3.42. The van der Waals surface area contributed by atoms with Crippen LogP contribution in [-0.4, -0.2) is 38.8 Å². The molecule has 3 aromatic rings. The number of anilines is 1. The van der Waals surface area contributed by atoms with Crippen LogP contribution >= 0.6 is 0 Å². The first-order chi connectivity index (χ1) is 13.5. The number of pyridine rings is 1. The van der Waals surface area contributed by atoms with Crippen LogP contribution in [0.1, 0.15) is 44.9 Å². The Balaban J connectivity index is 1.51. The van der Waals surface area contributed by atoms with E-state index in [1.54, 1.807) is 0 Å². The van der Waals surface area contributed by atoms with Crippen molar-refractivity contribution in [1.29, 1.82) is 0 Å². The summed E-state index contributed by atoms with van der Waals surface area (Å²) < 4.78 is 2.11. The van der Waals surface area contributed by atoms with Gasteiger partial charge in [-0.25, -0.2) is 4.98 Å². The summed E-state index contributed by atoms with van der Waals surface area (Å²) in [4.78, 5) is 19.8. The summed E-state index contributed by atoms with van der Waals surface area (Å²) >= 11 is 0. The maximum absolute atomic E-state index is 13.0. The second-order valence-corrected chi connectivity index (χ2v) is 8.69. The van der Waals surface area contributed by atoms with Gasteiger partial charge in [0.05, 0.1) is 16.9 Å². The van der Waals surface area contributed by atoms with Crippen molar-refractivity contribution in [3.05, 3.63) is 64.1 Å². The van der Waals surface area contributed by atoms with Crippen molar-refractivity contribution in [3.63, 3.8) is 0 Å². The average molecular weight is 372 g/mol. The summed E-state index contributed by atoms with van der Waals surface area (Å²) in [6, 6.07) is 8.77. The summed E-state index contributed by atoms with van der Waals surface area (Å²) in [5, 5.41) is 3.90. The number of amides is 1. The summed E-state index contributed by atoms with van der Waals surface area (Å²) in [6.07, 6.45) is 6.07. The molecule has 1 spiro atoms. The third-order valence-electron chi connectivity index (χ3n) is 6.88. The molecule has 6 rings (SSSR count). The van der Waals surface area contributed by atoms with Gasteiger partial charge in [0.1, 0.15) is 0 Å². The number of nitrogens with one attached hydrogen (secondary N) is 1. The van der Waals surface area contributed by atoms with E-state index < -0.39 is 0 Å². The summed E-state index contributed by atoms with van der Waals surface area (Å²) in [5.74, 6) is 0.163. The van der Waals surface area contributed by atoms with E-state index in [9.17, 15) is 4.79 Å². The second kappa shape index (κ2) is 5.37. The lowest BCUT2D eigenvalue weighted by atomic mass is 9.82. The van der Waals surface area contributed by atoms with E-state index in [4.69, 9.17) is 4.98 Å². The van der Waals surface area contributed by atoms with Gasteiger partial charge in [0, 0.05) is 30.5 Å². The number of carbonyl (C=O) groups excluding carboxylic acids is 1. The number of hydrogen-bond donors (Lipinski definition) is 1. The molecule has 142 valence electrons. The first kappa shape index (κ1) is 16.2. The highest BCUT2D eigenvalue weighted by molar-refractivity contribution is 6.00. The molecule has 2 aliphatic heterocycles. The van der Waals surface area contributed by atoms with Crippen LogP contribution in [0.25, 0.3) is 5.65 Å². The Morgan fingerprint density at radius 3 is 2.54 bits per heavy atom. The van der Waals surface area contributed by atoms with Crippen molar-refractivity contribution >= 4 is 17.2 Å². The zero-order chi connectivity index (χ0) is 19.0. The Hall–Kier alpha value is -2.82. The largest absolute Gasteiger partial charge is 0.376 e. The predicted molar refractivity (Wildman–Crippen MR) is 109 cm³/mol. The Kier molecular flexibility index (Phi) is 3.10. The SMILES string of the molecule is Cc1nc2c3c(c(C(=O)N4CC4)cn2c1C)CCC1(Cc2ccccc2C1)N3. The fourth-order valence-electron chi connectivity index (χ4n) is 5.09. The van der Waals surface area contributed by atoms with Gasteiger partial charge in [0.2, 0.25) is 0 Å². The van der Waals surface area contributed by atoms with Crippen molar-refractivity contribution in [3.8, 4) is 0 Å². The van der Waals surface area contributed by atoms with Crippen molar-refractivity contribution in [2.45, 2.75) is 45.1 Å². The molecule has 1 aromatic carbocycles. The van der Waals surface area contributed by atoms with E-state index in [0.29, 0.717) is 0 Å². The van der Waals surface area contributed by atoms with Gasteiger partial charge in [-0.05, 0) is 56.2 Å². The zero-order valence-electron chi connectivity index (χ0n) is 16.4. The lowest BCUT2D eigenvalue weighted by Crippen LogP contribution is -2.43. The Labute approximate surface area is 164 Å². The smallest absolute Gasteiger partial charge is 0.255 e. The summed E-state index contributed by atoms with van der Waals surface area (Å²) in [7, 11) is 0. The zero-order valence-corrected chi connectivity index (χ0v) is 16.4. The molecule has 0 saturated carbocycles. The van der Waals surface area contributed by atoms with Crippen LogP contribution in [0, 0.1) is 13.8 Å². The number of imidazole rings is 1. The molecule has 4 heterocycles. The van der Waals surface area contributed by atoms with E-state index in [1.807, 2.05) is 18.0 Å². The fraction of sp³-hybridized carbons (Fsp3) is 0.391. The second-order valence-electron chi connectivity index (χ2n) is 8.69. The molecule has 0 unspecified atom stereocenters. The maximum atomic E-state index is 13.0. The van der Waals surface area contributed by atoms with Crippen molar-refractivity contribution in [1.82, 2.24) is 14.3 Å². The number of aryl methyl sites for hydroxylation is 2. The fourth-order valence-corrected chi connectivity index (χ4v) is 5.09. The molecule has 0 bridgehead atoms. The first-order valence-corrected chi connectivity index (χ1v) is 10.2. The third kappa shape index (κ3) is 2.19. The Morgan fingerprint density at radius 2 is 1.86 bits per heavy atom. The molecule has 1 amide bonds. The van der Waals surface area contributed by atoms with Gasteiger partial charge in [-0.1, -0.05) is 24.3 Å². The van der Waals surface area contributed by atoms with Gasteiger partial charge in [-0.2, -0.15) is 0 Å². The molecule has 3 aliphatic rings. The van der Waals surface area contributed by atoms with Crippen LogP contribution in [0.5, 0.6) is 0 Å². The standard InChI is InChI=1S/C23H24N4O/c1-14-15(2)27-13-19(22(28)26-9-10-26)18-7-8-23(25-20(18)21(27)24-14)11-16-5-3-4-6-17(16)12-23/h3-6,13,25H,7-12H2,1-2H3. The van der Waals surface area contributed by atoms with E-state index in [1.165, 1.54) is 11.1 Å². The molecular formula is C23H24N4O. The van der Waals surface area contributed by atoms with E-state index in [0.717, 1.165) is 72.6 Å². The number of fused-ring (bicyclic) bond motifs is 4. The van der Waals surface area contributed by atoms with Gasteiger partial charge < -0.3 is 14.6 Å². The Morgan fingerprint density at radius 1 is 1.14 bits per heavy atom. The molecule has 5 nitrogen and oxygen atoms in total. The minimum Gasteiger partial charge on any atom is -0.376 e. The van der Waals surface area contributed by atoms with E-state index in [2.05, 4.69) is 40.9 Å². The van der Waals surface area contributed by atoms with Crippen LogP contribution in [0.3, 0.4) is 0 Å². The molecule has 28 heavy (non-hydrogen) atoms. The van der Waals surface area contributed by atoms with Crippen LogP contribution in [0.2, 0.25) is 0 Å². The van der Waals surface area contributed by atoms with Crippen LogP contribution in [0.15, 0.2) is 30.5 Å². The molecule has 2 aromatic heterocycles. The highest BCUT2D eigenvalue weighted by Crippen LogP contribution is 2.43. The van der Waals surface area contributed by atoms with Crippen LogP contribution in [-0.2, 0) is 19.3 Å².